The van der Waals surface area contributed by atoms with Crippen molar-refractivity contribution in [2.24, 2.45) is 0 Å². The molecule has 2 rings (SSSR count). The van der Waals surface area contributed by atoms with E-state index in [9.17, 15) is 0 Å². The molecular formula is C15H22N4O2. The summed E-state index contributed by atoms with van der Waals surface area (Å²) in [5.41, 5.74) is 0.809. The van der Waals surface area contributed by atoms with Crippen LogP contribution in [0.3, 0.4) is 0 Å². The summed E-state index contributed by atoms with van der Waals surface area (Å²) in [6, 6.07) is 8.06. The van der Waals surface area contributed by atoms with Crippen LogP contribution >= 0.6 is 0 Å². The second-order valence-corrected chi connectivity index (χ2v) is 4.68. The van der Waals surface area contributed by atoms with Crippen LogP contribution < -0.4 is 15.4 Å². The Hall–Kier alpha value is -2.08. The Balaban J connectivity index is 2.05. The fourth-order valence-corrected chi connectivity index (χ4v) is 1.87. The average molecular weight is 290 g/mol. The first kappa shape index (κ1) is 15.3. The molecule has 2 N–H and O–H groups in total. The van der Waals surface area contributed by atoms with Crippen molar-refractivity contribution in [3.05, 3.63) is 30.2 Å². The maximum atomic E-state index is 5.63. The van der Waals surface area contributed by atoms with E-state index < -0.39 is 0 Å². The molecule has 1 heterocycles. The van der Waals surface area contributed by atoms with E-state index in [0.29, 0.717) is 18.5 Å². The summed E-state index contributed by atoms with van der Waals surface area (Å²) in [6.45, 7) is 7.58. The molecule has 0 fully saturated rings. The van der Waals surface area contributed by atoms with E-state index in [1.807, 2.05) is 38.1 Å². The molecule has 0 aliphatic heterocycles. The Morgan fingerprint density at radius 2 is 2.05 bits per heavy atom. The molecule has 1 atom stereocenters. The first-order chi connectivity index (χ1) is 10.2. The van der Waals surface area contributed by atoms with Gasteiger partial charge in [-0.05, 0) is 38.9 Å². The molecule has 0 bridgehead atoms. The van der Waals surface area contributed by atoms with Crippen LogP contribution in [0.1, 0.15) is 39.1 Å². The number of hydrogen-bond acceptors (Lipinski definition) is 6. The van der Waals surface area contributed by atoms with Gasteiger partial charge in [-0.1, -0.05) is 24.2 Å². The highest BCUT2D eigenvalue weighted by Gasteiger charge is 2.14. The Bertz CT molecular complexity index is 556. The standard InChI is InChI=1S/C15H22N4O2/c1-4-10-16-11(3)14-18-19-15(21-14)17-12-8-6-7-9-13(12)20-5-2/h6-9,11,16H,4-5,10H2,1-3H3,(H,17,19). The van der Waals surface area contributed by atoms with Crippen LogP contribution in [0, 0.1) is 0 Å². The van der Waals surface area contributed by atoms with Gasteiger partial charge in [0.1, 0.15) is 5.75 Å². The molecule has 6 nitrogen and oxygen atoms in total. The molecule has 2 aromatic rings. The Labute approximate surface area is 124 Å². The minimum absolute atomic E-state index is 0.0372. The van der Waals surface area contributed by atoms with E-state index in [4.69, 9.17) is 9.15 Å². The largest absolute Gasteiger partial charge is 0.492 e. The van der Waals surface area contributed by atoms with E-state index in [1.54, 1.807) is 0 Å². The molecule has 0 aliphatic rings. The second kappa shape index (κ2) is 7.64. The monoisotopic (exact) mass is 290 g/mol. The number of para-hydroxylation sites is 2. The van der Waals surface area contributed by atoms with E-state index in [1.165, 1.54) is 0 Å². The second-order valence-electron chi connectivity index (χ2n) is 4.68. The third-order valence-electron chi connectivity index (χ3n) is 2.94. The molecule has 114 valence electrons. The number of aromatic nitrogens is 2. The van der Waals surface area contributed by atoms with E-state index in [-0.39, 0.29) is 6.04 Å². The third kappa shape index (κ3) is 4.19. The Morgan fingerprint density at radius 1 is 1.24 bits per heavy atom. The summed E-state index contributed by atoms with van der Waals surface area (Å²) in [6.07, 6.45) is 1.06. The predicted octanol–water partition coefficient (Wildman–Crippen LogP) is 3.27. The highest BCUT2D eigenvalue weighted by molar-refractivity contribution is 5.61. The Morgan fingerprint density at radius 3 is 2.81 bits per heavy atom. The van der Waals surface area contributed by atoms with Crippen LogP contribution in [0.15, 0.2) is 28.7 Å². The molecule has 0 radical (unpaired) electrons. The fraction of sp³-hybridized carbons (Fsp3) is 0.467. The summed E-state index contributed by atoms with van der Waals surface area (Å²) in [5.74, 6) is 1.33. The van der Waals surface area contributed by atoms with Crippen LogP contribution in [0.4, 0.5) is 11.7 Å². The van der Waals surface area contributed by atoms with Gasteiger partial charge in [0.05, 0.1) is 18.3 Å². The van der Waals surface area contributed by atoms with Gasteiger partial charge >= 0.3 is 6.01 Å². The van der Waals surface area contributed by atoms with Crippen molar-refractivity contribution < 1.29 is 9.15 Å². The van der Waals surface area contributed by atoms with Gasteiger partial charge in [0.2, 0.25) is 5.89 Å². The minimum Gasteiger partial charge on any atom is -0.492 e. The molecule has 1 aromatic heterocycles. The summed E-state index contributed by atoms with van der Waals surface area (Å²) in [5, 5.41) is 14.5. The lowest BCUT2D eigenvalue weighted by Crippen LogP contribution is -2.19. The fourth-order valence-electron chi connectivity index (χ4n) is 1.87. The molecular weight excluding hydrogens is 268 g/mol. The SMILES string of the molecule is CCCNC(C)c1nnc(Nc2ccccc2OCC)o1. The number of anilines is 2. The van der Waals surface area contributed by atoms with Crippen molar-refractivity contribution in [1.29, 1.82) is 0 Å². The van der Waals surface area contributed by atoms with Crippen LogP contribution in [0.2, 0.25) is 0 Å². The van der Waals surface area contributed by atoms with Crippen molar-refractivity contribution in [3.63, 3.8) is 0 Å². The van der Waals surface area contributed by atoms with Gasteiger partial charge in [0.15, 0.2) is 0 Å². The normalized spacial score (nSPS) is 12.1. The summed E-state index contributed by atoms with van der Waals surface area (Å²) < 4.78 is 11.2. The van der Waals surface area contributed by atoms with Crippen molar-refractivity contribution in [1.82, 2.24) is 15.5 Å². The number of nitrogens with zero attached hydrogens (tertiary/aromatic N) is 2. The molecule has 1 unspecified atom stereocenters. The van der Waals surface area contributed by atoms with Gasteiger partial charge in [-0.2, -0.15) is 0 Å². The maximum absolute atomic E-state index is 5.63. The number of rotatable bonds is 8. The van der Waals surface area contributed by atoms with Gasteiger partial charge < -0.3 is 19.8 Å². The summed E-state index contributed by atoms with van der Waals surface area (Å²) in [4.78, 5) is 0. The number of hydrogen-bond donors (Lipinski definition) is 2. The topological polar surface area (TPSA) is 72.2 Å². The lowest BCUT2D eigenvalue weighted by Gasteiger charge is -2.09. The third-order valence-corrected chi connectivity index (χ3v) is 2.94. The van der Waals surface area contributed by atoms with Gasteiger partial charge in [0.25, 0.3) is 0 Å². The molecule has 1 aromatic carbocycles. The molecule has 0 amide bonds. The number of ether oxygens (including phenoxy) is 1. The molecule has 6 heteroatoms. The predicted molar refractivity (Wildman–Crippen MR) is 81.9 cm³/mol. The summed E-state index contributed by atoms with van der Waals surface area (Å²) >= 11 is 0. The average Bonchev–Trinajstić information content (AvgIpc) is 2.96. The van der Waals surface area contributed by atoms with Crippen molar-refractivity contribution >= 4 is 11.7 Å². The molecule has 21 heavy (non-hydrogen) atoms. The zero-order valence-electron chi connectivity index (χ0n) is 12.7. The minimum atomic E-state index is 0.0372. The first-order valence-electron chi connectivity index (χ1n) is 7.30. The highest BCUT2D eigenvalue weighted by Crippen LogP contribution is 2.27. The molecule has 0 saturated heterocycles. The van der Waals surface area contributed by atoms with E-state index in [2.05, 4.69) is 27.8 Å². The van der Waals surface area contributed by atoms with Gasteiger partial charge in [-0.15, -0.1) is 5.10 Å². The first-order valence-corrected chi connectivity index (χ1v) is 7.30. The van der Waals surface area contributed by atoms with Crippen LogP contribution in [-0.4, -0.2) is 23.3 Å². The lowest BCUT2D eigenvalue weighted by molar-refractivity contribution is 0.341. The van der Waals surface area contributed by atoms with Crippen molar-refractivity contribution in [2.45, 2.75) is 33.2 Å². The van der Waals surface area contributed by atoms with Crippen LogP contribution in [-0.2, 0) is 0 Å². The van der Waals surface area contributed by atoms with Crippen LogP contribution in [0.5, 0.6) is 5.75 Å². The maximum Gasteiger partial charge on any atom is 0.320 e. The molecule has 0 aliphatic carbocycles. The highest BCUT2D eigenvalue weighted by atomic mass is 16.5. The summed E-state index contributed by atoms with van der Waals surface area (Å²) in [7, 11) is 0. The lowest BCUT2D eigenvalue weighted by atomic mass is 10.3. The van der Waals surface area contributed by atoms with E-state index in [0.717, 1.165) is 24.4 Å². The number of benzene rings is 1. The van der Waals surface area contributed by atoms with Gasteiger partial charge in [-0.25, -0.2) is 0 Å². The molecule has 0 saturated carbocycles. The van der Waals surface area contributed by atoms with E-state index >= 15 is 0 Å². The van der Waals surface area contributed by atoms with Gasteiger partial charge in [-0.3, -0.25) is 0 Å². The van der Waals surface area contributed by atoms with Crippen molar-refractivity contribution in [2.75, 3.05) is 18.5 Å². The van der Waals surface area contributed by atoms with Gasteiger partial charge in [0, 0.05) is 0 Å². The smallest absolute Gasteiger partial charge is 0.320 e. The zero-order chi connectivity index (χ0) is 15.1. The van der Waals surface area contributed by atoms with Crippen LogP contribution in [0.25, 0.3) is 0 Å². The molecule has 0 spiro atoms. The zero-order valence-corrected chi connectivity index (χ0v) is 12.7. The van der Waals surface area contributed by atoms with Crippen molar-refractivity contribution in [3.8, 4) is 5.75 Å². The quantitative estimate of drug-likeness (QED) is 0.777. The Kier molecular flexibility index (Phi) is 5.57. The number of nitrogens with one attached hydrogen (secondary N) is 2.